The fraction of sp³-hybridized carbons (Fsp3) is 0.278. The molecule has 0 saturated heterocycles. The summed E-state index contributed by atoms with van der Waals surface area (Å²) in [7, 11) is 1.67. The van der Waals surface area contributed by atoms with Crippen molar-refractivity contribution in [2.75, 3.05) is 25.6 Å². The van der Waals surface area contributed by atoms with Gasteiger partial charge in [0.05, 0.1) is 13.7 Å². The van der Waals surface area contributed by atoms with Crippen molar-refractivity contribution in [3.8, 4) is 5.75 Å². The third-order valence-corrected chi connectivity index (χ3v) is 3.74. The molecule has 3 aromatic rings. The Labute approximate surface area is 145 Å². The van der Waals surface area contributed by atoms with Crippen LogP contribution in [0.15, 0.2) is 40.8 Å². The van der Waals surface area contributed by atoms with Gasteiger partial charge in [-0.3, -0.25) is 0 Å². The van der Waals surface area contributed by atoms with Gasteiger partial charge in [0.15, 0.2) is 0 Å². The molecule has 0 spiro atoms. The van der Waals surface area contributed by atoms with E-state index in [4.69, 9.17) is 13.9 Å². The molecule has 0 fully saturated rings. The Hall–Kier alpha value is -3.09. The number of carbonyl (C=O) groups is 1. The SMILES string of the molecule is CCOC(=O)c1nnc(NCCc2ccc(OC)c3ccccc23)o1. The Morgan fingerprint density at radius 2 is 1.96 bits per heavy atom. The summed E-state index contributed by atoms with van der Waals surface area (Å²) in [5.41, 5.74) is 1.18. The maximum atomic E-state index is 11.5. The predicted molar refractivity (Wildman–Crippen MR) is 92.9 cm³/mol. The van der Waals surface area contributed by atoms with Crippen LogP contribution in [0.3, 0.4) is 0 Å². The van der Waals surface area contributed by atoms with Crippen molar-refractivity contribution in [2.24, 2.45) is 0 Å². The molecule has 7 heteroatoms. The fourth-order valence-corrected chi connectivity index (χ4v) is 2.60. The molecule has 0 bridgehead atoms. The van der Waals surface area contributed by atoms with Crippen molar-refractivity contribution < 1.29 is 18.7 Å². The number of nitrogens with zero attached hydrogens (tertiary/aromatic N) is 2. The average Bonchev–Trinajstić information content (AvgIpc) is 3.11. The van der Waals surface area contributed by atoms with Crippen LogP contribution in [0.1, 0.15) is 23.2 Å². The van der Waals surface area contributed by atoms with Crippen molar-refractivity contribution in [1.82, 2.24) is 10.2 Å². The van der Waals surface area contributed by atoms with Crippen LogP contribution < -0.4 is 10.1 Å². The summed E-state index contributed by atoms with van der Waals surface area (Å²) in [4.78, 5) is 11.5. The molecule has 0 aliphatic carbocycles. The van der Waals surface area contributed by atoms with Crippen LogP contribution in [0.25, 0.3) is 10.8 Å². The predicted octanol–water partition coefficient (Wildman–Crippen LogP) is 3.06. The molecule has 25 heavy (non-hydrogen) atoms. The molecule has 0 amide bonds. The molecule has 3 rings (SSSR count). The average molecular weight is 341 g/mol. The minimum absolute atomic E-state index is 0.153. The van der Waals surface area contributed by atoms with Crippen LogP contribution in [0, 0.1) is 0 Å². The van der Waals surface area contributed by atoms with Crippen molar-refractivity contribution >= 4 is 22.8 Å². The Kier molecular flexibility index (Phi) is 5.13. The molecule has 0 aliphatic heterocycles. The lowest BCUT2D eigenvalue weighted by Crippen LogP contribution is -2.06. The van der Waals surface area contributed by atoms with E-state index in [0.717, 1.165) is 22.9 Å². The number of fused-ring (bicyclic) bond motifs is 1. The van der Waals surface area contributed by atoms with Crippen LogP contribution in [-0.2, 0) is 11.2 Å². The fourth-order valence-electron chi connectivity index (χ4n) is 2.60. The standard InChI is InChI=1S/C18H19N3O4/c1-3-24-17(22)16-20-21-18(25-16)19-11-10-12-8-9-15(23-2)14-7-5-4-6-13(12)14/h4-9H,3,10-11H2,1-2H3,(H,19,21). The van der Waals surface area contributed by atoms with Gasteiger partial charge in [0.25, 0.3) is 0 Å². The highest BCUT2D eigenvalue weighted by Gasteiger charge is 2.15. The monoisotopic (exact) mass is 341 g/mol. The number of methoxy groups -OCH3 is 1. The van der Waals surface area contributed by atoms with Gasteiger partial charge >= 0.3 is 17.9 Å². The number of hydrogen-bond donors (Lipinski definition) is 1. The third kappa shape index (κ3) is 3.71. The number of ether oxygens (including phenoxy) is 2. The summed E-state index contributed by atoms with van der Waals surface area (Å²) in [6.07, 6.45) is 0.752. The lowest BCUT2D eigenvalue weighted by Gasteiger charge is -2.10. The van der Waals surface area contributed by atoms with Gasteiger partial charge in [0, 0.05) is 11.9 Å². The zero-order valence-corrected chi connectivity index (χ0v) is 14.1. The molecule has 0 atom stereocenters. The quantitative estimate of drug-likeness (QED) is 0.661. The maximum absolute atomic E-state index is 11.5. The molecule has 1 aromatic heterocycles. The molecule has 0 unspecified atom stereocenters. The number of anilines is 1. The second kappa shape index (κ2) is 7.65. The Bertz CT molecular complexity index is 876. The lowest BCUT2D eigenvalue weighted by atomic mass is 10.0. The summed E-state index contributed by atoms with van der Waals surface area (Å²) in [6, 6.07) is 12.3. The van der Waals surface area contributed by atoms with Gasteiger partial charge < -0.3 is 19.2 Å². The first-order chi connectivity index (χ1) is 12.2. The van der Waals surface area contributed by atoms with Crippen LogP contribution in [0.4, 0.5) is 6.01 Å². The van der Waals surface area contributed by atoms with E-state index in [1.807, 2.05) is 30.3 Å². The number of nitrogens with one attached hydrogen (secondary N) is 1. The van der Waals surface area contributed by atoms with E-state index in [1.54, 1.807) is 14.0 Å². The van der Waals surface area contributed by atoms with Gasteiger partial charge in [-0.05, 0) is 30.4 Å². The largest absolute Gasteiger partial charge is 0.496 e. The van der Waals surface area contributed by atoms with Crippen molar-refractivity contribution in [2.45, 2.75) is 13.3 Å². The minimum atomic E-state index is -0.621. The molecular formula is C18H19N3O4. The van der Waals surface area contributed by atoms with E-state index in [0.29, 0.717) is 6.54 Å². The first-order valence-corrected chi connectivity index (χ1v) is 8.02. The summed E-state index contributed by atoms with van der Waals surface area (Å²) in [5, 5.41) is 12.7. The Morgan fingerprint density at radius 3 is 2.72 bits per heavy atom. The van der Waals surface area contributed by atoms with Gasteiger partial charge in [0.1, 0.15) is 5.75 Å². The van der Waals surface area contributed by atoms with E-state index >= 15 is 0 Å². The molecule has 7 nitrogen and oxygen atoms in total. The van der Waals surface area contributed by atoms with E-state index in [9.17, 15) is 4.79 Å². The minimum Gasteiger partial charge on any atom is -0.496 e. The highest BCUT2D eigenvalue weighted by molar-refractivity contribution is 5.91. The summed E-state index contributed by atoms with van der Waals surface area (Å²) in [6.45, 7) is 2.56. The van der Waals surface area contributed by atoms with Crippen molar-refractivity contribution in [3.05, 3.63) is 47.9 Å². The van der Waals surface area contributed by atoms with Crippen molar-refractivity contribution in [3.63, 3.8) is 0 Å². The van der Waals surface area contributed by atoms with E-state index < -0.39 is 5.97 Å². The number of rotatable bonds is 7. The summed E-state index contributed by atoms with van der Waals surface area (Å²) in [5.74, 6) is 0.0757. The normalized spacial score (nSPS) is 10.6. The highest BCUT2D eigenvalue weighted by Crippen LogP contribution is 2.28. The Morgan fingerprint density at radius 1 is 1.16 bits per heavy atom. The topological polar surface area (TPSA) is 86.5 Å². The van der Waals surface area contributed by atoms with E-state index in [1.165, 1.54) is 5.56 Å². The smallest absolute Gasteiger partial charge is 0.396 e. The summed E-state index contributed by atoms with van der Waals surface area (Å²) < 4.78 is 15.5. The zero-order chi connectivity index (χ0) is 17.6. The highest BCUT2D eigenvalue weighted by atomic mass is 16.5. The maximum Gasteiger partial charge on any atom is 0.396 e. The van der Waals surface area contributed by atoms with E-state index in [2.05, 4.69) is 21.6 Å². The number of hydrogen-bond acceptors (Lipinski definition) is 7. The van der Waals surface area contributed by atoms with Gasteiger partial charge in [-0.1, -0.05) is 40.5 Å². The summed E-state index contributed by atoms with van der Waals surface area (Å²) >= 11 is 0. The number of benzene rings is 2. The van der Waals surface area contributed by atoms with Crippen LogP contribution in [-0.4, -0.2) is 36.4 Å². The van der Waals surface area contributed by atoms with Gasteiger partial charge in [-0.15, -0.1) is 0 Å². The molecule has 1 heterocycles. The van der Waals surface area contributed by atoms with Gasteiger partial charge in [-0.25, -0.2) is 4.79 Å². The van der Waals surface area contributed by atoms with Crippen LogP contribution in [0.5, 0.6) is 5.75 Å². The van der Waals surface area contributed by atoms with Crippen molar-refractivity contribution in [1.29, 1.82) is 0 Å². The molecule has 2 aromatic carbocycles. The first-order valence-electron chi connectivity index (χ1n) is 8.02. The van der Waals surface area contributed by atoms with Crippen LogP contribution in [0.2, 0.25) is 0 Å². The number of carbonyl (C=O) groups excluding carboxylic acids is 1. The van der Waals surface area contributed by atoms with Gasteiger partial charge in [0.2, 0.25) is 0 Å². The molecule has 0 aliphatic rings. The lowest BCUT2D eigenvalue weighted by molar-refractivity contribution is 0.0481. The third-order valence-electron chi connectivity index (χ3n) is 3.74. The van der Waals surface area contributed by atoms with Gasteiger partial charge in [-0.2, -0.15) is 0 Å². The number of esters is 1. The zero-order valence-electron chi connectivity index (χ0n) is 14.1. The second-order valence-corrected chi connectivity index (χ2v) is 5.28. The molecular weight excluding hydrogens is 322 g/mol. The molecule has 0 radical (unpaired) electrons. The number of aromatic nitrogens is 2. The van der Waals surface area contributed by atoms with E-state index in [-0.39, 0.29) is 18.5 Å². The van der Waals surface area contributed by atoms with Crippen LogP contribution >= 0.6 is 0 Å². The molecule has 130 valence electrons. The second-order valence-electron chi connectivity index (χ2n) is 5.28. The first kappa shape index (κ1) is 16.8. The molecule has 1 N–H and O–H groups in total. The molecule has 0 saturated carbocycles. The Balaban J connectivity index is 1.67.